The fourth-order valence-corrected chi connectivity index (χ4v) is 2.04. The van der Waals surface area contributed by atoms with Crippen molar-refractivity contribution in [1.82, 2.24) is 15.3 Å². The first-order valence-electron chi connectivity index (χ1n) is 6.51. The van der Waals surface area contributed by atoms with Gasteiger partial charge in [-0.25, -0.2) is 4.39 Å². The summed E-state index contributed by atoms with van der Waals surface area (Å²) in [7, 11) is 0. The molecule has 0 amide bonds. The molecular formula is C15H18FN3. The van der Waals surface area contributed by atoms with Gasteiger partial charge < -0.3 is 5.32 Å². The summed E-state index contributed by atoms with van der Waals surface area (Å²) in [6, 6.07) is 4.97. The van der Waals surface area contributed by atoms with Gasteiger partial charge in [-0.05, 0) is 37.6 Å². The second-order valence-electron chi connectivity index (χ2n) is 4.50. The van der Waals surface area contributed by atoms with E-state index in [9.17, 15) is 4.39 Å². The first-order chi connectivity index (χ1) is 9.22. The monoisotopic (exact) mass is 259 g/mol. The number of benzene rings is 1. The molecule has 0 saturated heterocycles. The number of nitrogens with zero attached hydrogens (tertiary/aromatic N) is 2. The van der Waals surface area contributed by atoms with Crippen LogP contribution in [0.1, 0.15) is 31.9 Å². The fraction of sp³-hybridized carbons (Fsp3) is 0.333. The maximum absolute atomic E-state index is 13.5. The van der Waals surface area contributed by atoms with Gasteiger partial charge in [-0.2, -0.15) is 0 Å². The molecule has 1 heterocycles. The van der Waals surface area contributed by atoms with Crippen LogP contribution < -0.4 is 5.32 Å². The molecule has 100 valence electrons. The molecule has 1 N–H and O–H groups in total. The van der Waals surface area contributed by atoms with Crippen molar-refractivity contribution in [2.24, 2.45) is 0 Å². The number of hydrogen-bond donors (Lipinski definition) is 1. The Bertz CT molecular complexity index is 528. The molecule has 0 spiro atoms. The zero-order chi connectivity index (χ0) is 13.7. The van der Waals surface area contributed by atoms with Crippen LogP contribution in [0.25, 0.3) is 11.3 Å². The highest BCUT2D eigenvalue weighted by Crippen LogP contribution is 2.27. The van der Waals surface area contributed by atoms with Crippen molar-refractivity contribution in [3.63, 3.8) is 0 Å². The van der Waals surface area contributed by atoms with Crippen LogP contribution in [0.3, 0.4) is 0 Å². The number of rotatable bonds is 5. The largest absolute Gasteiger partial charge is 0.310 e. The average Bonchev–Trinajstić information content (AvgIpc) is 2.45. The molecule has 1 aromatic heterocycles. The Morgan fingerprint density at radius 1 is 1.32 bits per heavy atom. The third-order valence-corrected chi connectivity index (χ3v) is 3.02. The number of nitrogens with one attached hydrogen (secondary N) is 1. The van der Waals surface area contributed by atoms with E-state index in [0.29, 0.717) is 5.69 Å². The number of aromatic nitrogens is 2. The van der Waals surface area contributed by atoms with E-state index in [1.807, 2.05) is 6.07 Å². The standard InChI is InChI=1S/C15H18FN3/c1-3-6-18-11(2)13-5-4-12(16)9-14(13)15-10-17-7-8-19-15/h4-5,7-11,18H,3,6H2,1-2H3. The van der Waals surface area contributed by atoms with Crippen LogP contribution in [-0.4, -0.2) is 16.5 Å². The van der Waals surface area contributed by atoms with Gasteiger partial charge in [-0.1, -0.05) is 13.0 Å². The molecule has 0 saturated carbocycles. The zero-order valence-electron chi connectivity index (χ0n) is 11.2. The van der Waals surface area contributed by atoms with E-state index in [4.69, 9.17) is 0 Å². The lowest BCUT2D eigenvalue weighted by Gasteiger charge is -2.17. The van der Waals surface area contributed by atoms with Crippen molar-refractivity contribution in [2.75, 3.05) is 6.54 Å². The summed E-state index contributed by atoms with van der Waals surface area (Å²) >= 11 is 0. The minimum Gasteiger partial charge on any atom is -0.310 e. The van der Waals surface area contributed by atoms with Crippen LogP contribution in [-0.2, 0) is 0 Å². The van der Waals surface area contributed by atoms with Crippen molar-refractivity contribution in [2.45, 2.75) is 26.3 Å². The van der Waals surface area contributed by atoms with Gasteiger partial charge in [0, 0.05) is 24.0 Å². The molecule has 0 bridgehead atoms. The second kappa shape index (κ2) is 6.38. The molecule has 1 aromatic carbocycles. The molecule has 0 aliphatic carbocycles. The van der Waals surface area contributed by atoms with Gasteiger partial charge >= 0.3 is 0 Å². The van der Waals surface area contributed by atoms with E-state index < -0.39 is 0 Å². The quantitative estimate of drug-likeness (QED) is 0.894. The third-order valence-electron chi connectivity index (χ3n) is 3.02. The third kappa shape index (κ3) is 3.35. The predicted octanol–water partition coefficient (Wildman–Crippen LogP) is 3.34. The van der Waals surface area contributed by atoms with Crippen LogP contribution >= 0.6 is 0 Å². The molecule has 0 radical (unpaired) electrons. The predicted molar refractivity (Wildman–Crippen MR) is 74.1 cm³/mol. The van der Waals surface area contributed by atoms with Gasteiger partial charge in [0.2, 0.25) is 0 Å². The zero-order valence-corrected chi connectivity index (χ0v) is 11.2. The van der Waals surface area contributed by atoms with Crippen LogP contribution in [0.5, 0.6) is 0 Å². The van der Waals surface area contributed by atoms with Gasteiger partial charge in [0.1, 0.15) is 5.82 Å². The Hall–Kier alpha value is -1.81. The molecular weight excluding hydrogens is 241 g/mol. The van der Waals surface area contributed by atoms with E-state index in [2.05, 4.69) is 29.1 Å². The van der Waals surface area contributed by atoms with Crippen molar-refractivity contribution >= 4 is 0 Å². The summed E-state index contributed by atoms with van der Waals surface area (Å²) in [5, 5.41) is 3.41. The Labute approximate surface area is 112 Å². The van der Waals surface area contributed by atoms with Gasteiger partial charge in [-0.15, -0.1) is 0 Å². The SMILES string of the molecule is CCCNC(C)c1ccc(F)cc1-c1cnccn1. The molecule has 2 rings (SSSR count). The Kier molecular flexibility index (Phi) is 4.58. The van der Waals surface area contributed by atoms with Crippen LogP contribution in [0.15, 0.2) is 36.8 Å². The maximum atomic E-state index is 13.5. The lowest BCUT2D eigenvalue weighted by molar-refractivity contribution is 0.568. The summed E-state index contributed by atoms with van der Waals surface area (Å²) in [6.07, 6.45) is 5.95. The molecule has 1 atom stereocenters. The summed E-state index contributed by atoms with van der Waals surface area (Å²) in [5.41, 5.74) is 2.53. The number of halogens is 1. The van der Waals surface area contributed by atoms with E-state index >= 15 is 0 Å². The molecule has 2 aromatic rings. The van der Waals surface area contributed by atoms with Crippen molar-refractivity contribution in [1.29, 1.82) is 0 Å². The normalized spacial score (nSPS) is 12.4. The van der Waals surface area contributed by atoms with Gasteiger partial charge in [0.05, 0.1) is 11.9 Å². The van der Waals surface area contributed by atoms with Gasteiger partial charge in [0.25, 0.3) is 0 Å². The highest BCUT2D eigenvalue weighted by molar-refractivity contribution is 5.63. The highest BCUT2D eigenvalue weighted by Gasteiger charge is 2.13. The highest BCUT2D eigenvalue weighted by atomic mass is 19.1. The molecule has 4 heteroatoms. The van der Waals surface area contributed by atoms with E-state index in [-0.39, 0.29) is 11.9 Å². The maximum Gasteiger partial charge on any atom is 0.123 e. The average molecular weight is 259 g/mol. The van der Waals surface area contributed by atoms with Gasteiger partial charge in [-0.3, -0.25) is 9.97 Å². The Morgan fingerprint density at radius 2 is 2.16 bits per heavy atom. The molecule has 3 nitrogen and oxygen atoms in total. The van der Waals surface area contributed by atoms with E-state index in [1.54, 1.807) is 18.6 Å². The van der Waals surface area contributed by atoms with Gasteiger partial charge in [0.15, 0.2) is 0 Å². The van der Waals surface area contributed by atoms with Crippen molar-refractivity contribution in [3.8, 4) is 11.3 Å². The topological polar surface area (TPSA) is 37.8 Å². The summed E-state index contributed by atoms with van der Waals surface area (Å²) in [6.45, 7) is 5.12. The van der Waals surface area contributed by atoms with E-state index in [0.717, 1.165) is 24.1 Å². The van der Waals surface area contributed by atoms with Crippen molar-refractivity contribution in [3.05, 3.63) is 48.2 Å². The minimum atomic E-state index is -0.257. The molecule has 0 fully saturated rings. The number of hydrogen-bond acceptors (Lipinski definition) is 3. The molecule has 19 heavy (non-hydrogen) atoms. The first-order valence-corrected chi connectivity index (χ1v) is 6.51. The van der Waals surface area contributed by atoms with Crippen LogP contribution in [0, 0.1) is 5.82 Å². The molecule has 0 aliphatic rings. The first kappa shape index (κ1) is 13.6. The summed E-state index contributed by atoms with van der Waals surface area (Å²) < 4.78 is 13.5. The fourth-order valence-electron chi connectivity index (χ4n) is 2.04. The minimum absolute atomic E-state index is 0.151. The molecule has 0 aliphatic heterocycles. The van der Waals surface area contributed by atoms with Crippen LogP contribution in [0.2, 0.25) is 0 Å². The molecule has 1 unspecified atom stereocenters. The lowest BCUT2D eigenvalue weighted by Crippen LogP contribution is -2.20. The lowest BCUT2D eigenvalue weighted by atomic mass is 9.99. The summed E-state index contributed by atoms with van der Waals surface area (Å²) in [5.74, 6) is -0.257. The Morgan fingerprint density at radius 3 is 2.84 bits per heavy atom. The van der Waals surface area contributed by atoms with E-state index in [1.165, 1.54) is 12.1 Å². The second-order valence-corrected chi connectivity index (χ2v) is 4.50. The van der Waals surface area contributed by atoms with Crippen molar-refractivity contribution < 1.29 is 4.39 Å². The van der Waals surface area contributed by atoms with Crippen LogP contribution in [0.4, 0.5) is 4.39 Å². The summed E-state index contributed by atoms with van der Waals surface area (Å²) in [4.78, 5) is 8.30. The smallest absolute Gasteiger partial charge is 0.123 e. The Balaban J connectivity index is 2.38.